The minimum atomic E-state index is -4.09. The van der Waals surface area contributed by atoms with E-state index in [2.05, 4.69) is 15.8 Å². The summed E-state index contributed by atoms with van der Waals surface area (Å²) in [5, 5.41) is 17.3. The molecule has 0 fully saturated rings. The summed E-state index contributed by atoms with van der Waals surface area (Å²) < 4.78 is 28.2. The fraction of sp³-hybridized carbons (Fsp3) is 0.259. The van der Waals surface area contributed by atoms with Gasteiger partial charge in [-0.2, -0.15) is 4.91 Å². The zero-order chi connectivity index (χ0) is 28.6. The number of anilines is 1. The summed E-state index contributed by atoms with van der Waals surface area (Å²) in [5.74, 6) is -0.982. The van der Waals surface area contributed by atoms with Crippen molar-refractivity contribution >= 4 is 39.1 Å². The highest BCUT2D eigenvalue weighted by Gasteiger charge is 2.28. The standard InChI is InChI=1S/C27H29ClN4O6S/c1-18-6-12-23(13-7-18)39(37,38)32(25-5-3-4-24(28)19(25)2)16-26(34)29-14-20-8-10-21(11-9-20)27(35)30-15-22(17-33)31-36/h3-13,22,33H,14-17H2,1-2H3,(H,29,34)(H,30,35). The Bertz CT molecular complexity index is 1430. The Hall–Kier alpha value is -3.80. The Morgan fingerprint density at radius 2 is 1.67 bits per heavy atom. The average Bonchev–Trinajstić information content (AvgIpc) is 2.93. The Balaban J connectivity index is 1.72. The molecule has 3 aromatic carbocycles. The summed E-state index contributed by atoms with van der Waals surface area (Å²) >= 11 is 6.26. The van der Waals surface area contributed by atoms with Crippen LogP contribution in [0.25, 0.3) is 0 Å². The van der Waals surface area contributed by atoms with Crippen LogP contribution >= 0.6 is 11.6 Å². The summed E-state index contributed by atoms with van der Waals surface area (Å²) in [6.07, 6.45) is 0. The number of hydrogen-bond acceptors (Lipinski definition) is 7. The van der Waals surface area contributed by atoms with E-state index >= 15 is 0 Å². The molecule has 12 heteroatoms. The first-order valence-electron chi connectivity index (χ1n) is 12.0. The summed E-state index contributed by atoms with van der Waals surface area (Å²) in [5.41, 5.74) is 2.70. The average molecular weight is 573 g/mol. The fourth-order valence-corrected chi connectivity index (χ4v) is 5.26. The van der Waals surface area contributed by atoms with Crippen molar-refractivity contribution in [2.75, 3.05) is 24.0 Å². The van der Waals surface area contributed by atoms with Gasteiger partial charge in [0.1, 0.15) is 12.6 Å². The van der Waals surface area contributed by atoms with Crippen LogP contribution in [0.2, 0.25) is 5.02 Å². The molecular weight excluding hydrogens is 544 g/mol. The maximum Gasteiger partial charge on any atom is 0.264 e. The van der Waals surface area contributed by atoms with E-state index in [4.69, 9.17) is 16.7 Å². The fourth-order valence-electron chi connectivity index (χ4n) is 3.61. The first kappa shape index (κ1) is 29.8. The van der Waals surface area contributed by atoms with Crippen LogP contribution in [0.5, 0.6) is 0 Å². The number of rotatable bonds is 12. The second kappa shape index (κ2) is 13.3. The quantitative estimate of drug-likeness (QED) is 0.284. The number of hydrogen-bond donors (Lipinski definition) is 3. The number of nitrogens with one attached hydrogen (secondary N) is 2. The Morgan fingerprint density at radius 3 is 2.28 bits per heavy atom. The Kier molecular flexibility index (Phi) is 10.2. The van der Waals surface area contributed by atoms with Crippen molar-refractivity contribution in [2.45, 2.75) is 31.3 Å². The lowest BCUT2D eigenvalue weighted by molar-refractivity contribution is -0.119. The lowest BCUT2D eigenvalue weighted by Gasteiger charge is -2.26. The summed E-state index contributed by atoms with van der Waals surface area (Å²) in [6, 6.07) is 16.7. The van der Waals surface area contributed by atoms with Crippen molar-refractivity contribution in [1.82, 2.24) is 10.6 Å². The Morgan fingerprint density at radius 1 is 1.00 bits per heavy atom. The third kappa shape index (κ3) is 7.62. The molecule has 0 bridgehead atoms. The molecule has 0 saturated carbocycles. The number of nitroso groups, excluding NO2 is 1. The van der Waals surface area contributed by atoms with Gasteiger partial charge in [0.2, 0.25) is 5.91 Å². The van der Waals surface area contributed by atoms with E-state index in [1.54, 1.807) is 61.5 Å². The van der Waals surface area contributed by atoms with Gasteiger partial charge in [-0.1, -0.05) is 52.7 Å². The van der Waals surface area contributed by atoms with Gasteiger partial charge in [0.25, 0.3) is 15.9 Å². The third-order valence-corrected chi connectivity index (χ3v) is 8.15. The SMILES string of the molecule is Cc1ccc(S(=O)(=O)N(CC(=O)NCc2ccc(C(=O)NCC(CO)N=O)cc2)c2cccc(Cl)c2C)cc1. The summed E-state index contributed by atoms with van der Waals surface area (Å²) in [6.45, 7) is 2.58. The van der Waals surface area contributed by atoms with Crippen molar-refractivity contribution < 1.29 is 23.1 Å². The van der Waals surface area contributed by atoms with E-state index in [-0.39, 0.29) is 18.0 Å². The molecular formula is C27H29ClN4O6S. The highest BCUT2D eigenvalue weighted by atomic mass is 35.5. The smallest absolute Gasteiger partial charge is 0.264 e. The Labute approximate surface area is 232 Å². The number of amides is 2. The molecule has 0 heterocycles. The molecule has 1 unspecified atom stereocenters. The molecule has 10 nitrogen and oxygen atoms in total. The largest absolute Gasteiger partial charge is 0.394 e. The van der Waals surface area contributed by atoms with Crippen molar-refractivity contribution in [3.05, 3.63) is 98.9 Å². The van der Waals surface area contributed by atoms with Crippen LogP contribution in [0.1, 0.15) is 27.0 Å². The molecule has 0 aliphatic rings. The van der Waals surface area contributed by atoms with Gasteiger partial charge in [-0.25, -0.2) is 8.42 Å². The minimum absolute atomic E-state index is 0.0448. The highest BCUT2D eigenvalue weighted by Crippen LogP contribution is 2.30. The van der Waals surface area contributed by atoms with Crippen molar-refractivity contribution in [3.8, 4) is 0 Å². The molecule has 206 valence electrons. The topological polar surface area (TPSA) is 145 Å². The molecule has 3 aromatic rings. The highest BCUT2D eigenvalue weighted by molar-refractivity contribution is 7.92. The lowest BCUT2D eigenvalue weighted by atomic mass is 10.1. The van der Waals surface area contributed by atoms with E-state index in [1.165, 1.54) is 12.1 Å². The van der Waals surface area contributed by atoms with Crippen LogP contribution < -0.4 is 14.9 Å². The van der Waals surface area contributed by atoms with E-state index in [1.807, 2.05) is 6.92 Å². The second-order valence-electron chi connectivity index (χ2n) is 8.83. The van der Waals surface area contributed by atoms with Gasteiger partial charge in [0.05, 0.1) is 17.2 Å². The van der Waals surface area contributed by atoms with E-state index < -0.39 is 41.0 Å². The molecule has 2 amide bonds. The van der Waals surface area contributed by atoms with Gasteiger partial charge in [-0.15, -0.1) is 0 Å². The van der Waals surface area contributed by atoms with E-state index in [9.17, 15) is 22.9 Å². The minimum Gasteiger partial charge on any atom is -0.394 e. The predicted molar refractivity (Wildman–Crippen MR) is 149 cm³/mol. The van der Waals surface area contributed by atoms with Crippen LogP contribution in [0.3, 0.4) is 0 Å². The molecule has 3 rings (SSSR count). The number of halogens is 1. The van der Waals surface area contributed by atoms with Gasteiger partial charge >= 0.3 is 0 Å². The van der Waals surface area contributed by atoms with Gasteiger partial charge in [-0.05, 0) is 61.4 Å². The number of aliphatic hydroxyl groups excluding tert-OH is 1. The molecule has 1 atom stereocenters. The van der Waals surface area contributed by atoms with Gasteiger partial charge in [-0.3, -0.25) is 13.9 Å². The first-order chi connectivity index (χ1) is 18.6. The maximum absolute atomic E-state index is 13.6. The molecule has 0 aliphatic carbocycles. The van der Waals surface area contributed by atoms with Crippen molar-refractivity contribution in [2.24, 2.45) is 5.18 Å². The normalized spacial score (nSPS) is 11.9. The van der Waals surface area contributed by atoms with Gasteiger partial charge < -0.3 is 15.7 Å². The first-order valence-corrected chi connectivity index (χ1v) is 13.8. The molecule has 0 aromatic heterocycles. The van der Waals surface area contributed by atoms with Crippen molar-refractivity contribution in [1.29, 1.82) is 0 Å². The molecule has 0 spiro atoms. The predicted octanol–water partition coefficient (Wildman–Crippen LogP) is 3.33. The van der Waals surface area contributed by atoms with Crippen LogP contribution in [0.15, 0.2) is 76.8 Å². The summed E-state index contributed by atoms with van der Waals surface area (Å²) in [7, 11) is -4.09. The molecule has 39 heavy (non-hydrogen) atoms. The molecule has 0 saturated heterocycles. The zero-order valence-corrected chi connectivity index (χ0v) is 23.0. The number of aryl methyl sites for hydroxylation is 1. The van der Waals surface area contributed by atoms with Gasteiger partial charge in [0, 0.05) is 23.7 Å². The van der Waals surface area contributed by atoms with Crippen molar-refractivity contribution in [3.63, 3.8) is 0 Å². The van der Waals surface area contributed by atoms with E-state index in [0.717, 1.165) is 9.87 Å². The van der Waals surface area contributed by atoms with Crippen LogP contribution in [0.4, 0.5) is 5.69 Å². The van der Waals surface area contributed by atoms with Crippen LogP contribution in [-0.2, 0) is 21.4 Å². The number of carbonyl (C=O) groups is 2. The van der Waals surface area contributed by atoms with Gasteiger partial charge in [0.15, 0.2) is 0 Å². The molecule has 0 radical (unpaired) electrons. The second-order valence-corrected chi connectivity index (χ2v) is 11.1. The number of carbonyl (C=O) groups excluding carboxylic acids is 2. The molecule has 0 aliphatic heterocycles. The third-order valence-electron chi connectivity index (χ3n) is 5.97. The van der Waals surface area contributed by atoms with Crippen LogP contribution in [0, 0.1) is 18.8 Å². The number of benzene rings is 3. The number of nitrogens with zero attached hydrogens (tertiary/aromatic N) is 2. The maximum atomic E-state index is 13.6. The number of aliphatic hydroxyl groups is 1. The lowest BCUT2D eigenvalue weighted by Crippen LogP contribution is -2.41. The van der Waals surface area contributed by atoms with Crippen LogP contribution in [-0.4, -0.2) is 51.1 Å². The zero-order valence-electron chi connectivity index (χ0n) is 21.4. The number of sulfonamides is 1. The summed E-state index contributed by atoms with van der Waals surface area (Å²) in [4.78, 5) is 35.7. The monoisotopic (exact) mass is 572 g/mol. The van der Waals surface area contributed by atoms with E-state index in [0.29, 0.717) is 27.4 Å². The molecule has 3 N–H and O–H groups in total.